The van der Waals surface area contributed by atoms with Crippen LogP contribution in [0.15, 0.2) is 95.0 Å². The molecule has 1 heterocycles. The van der Waals surface area contributed by atoms with Crippen molar-refractivity contribution in [3.05, 3.63) is 129 Å². The standard InChI is InChI=1S/C28H22ClFN2O4/c1-32-16-21(10-13-27(32)33)26(31-36)15-24(23-12-11-22(30)14-25(23)29)19-6-2-17(3-7-19)18-4-8-20(9-5-18)28(34)35/h2-14,16,24,36H,15H2,1H3,(H,34,35). The van der Waals surface area contributed by atoms with Crippen molar-refractivity contribution in [3.63, 3.8) is 0 Å². The number of aromatic carboxylic acids is 1. The lowest BCUT2D eigenvalue weighted by Crippen LogP contribution is -2.18. The number of carbonyl (C=O) groups is 1. The Morgan fingerprint density at radius 3 is 2.14 bits per heavy atom. The van der Waals surface area contributed by atoms with Crippen LogP contribution in [-0.4, -0.2) is 26.6 Å². The van der Waals surface area contributed by atoms with Crippen molar-refractivity contribution in [1.82, 2.24) is 4.57 Å². The van der Waals surface area contributed by atoms with Crippen LogP contribution in [0.2, 0.25) is 5.02 Å². The molecule has 1 unspecified atom stereocenters. The van der Waals surface area contributed by atoms with Gasteiger partial charge in [-0.3, -0.25) is 4.79 Å². The molecule has 0 bridgehead atoms. The minimum Gasteiger partial charge on any atom is -0.478 e. The lowest BCUT2D eigenvalue weighted by atomic mass is 9.85. The Kier molecular flexibility index (Phi) is 7.31. The van der Waals surface area contributed by atoms with Gasteiger partial charge in [-0.2, -0.15) is 0 Å². The Labute approximate surface area is 211 Å². The second-order valence-electron chi connectivity index (χ2n) is 8.34. The molecule has 182 valence electrons. The summed E-state index contributed by atoms with van der Waals surface area (Å²) in [6.45, 7) is 0. The van der Waals surface area contributed by atoms with E-state index in [9.17, 15) is 19.2 Å². The quantitative estimate of drug-likeness (QED) is 0.185. The Hall–Kier alpha value is -4.23. The molecule has 1 atom stereocenters. The van der Waals surface area contributed by atoms with Crippen LogP contribution >= 0.6 is 11.6 Å². The van der Waals surface area contributed by atoms with Gasteiger partial charge in [0.15, 0.2) is 0 Å². The van der Waals surface area contributed by atoms with E-state index in [1.54, 1.807) is 49.6 Å². The minimum atomic E-state index is -0.990. The average molecular weight is 505 g/mol. The van der Waals surface area contributed by atoms with Gasteiger partial charge in [0.25, 0.3) is 0 Å². The molecule has 4 aromatic rings. The van der Waals surface area contributed by atoms with Crippen LogP contribution < -0.4 is 5.56 Å². The Balaban J connectivity index is 1.72. The van der Waals surface area contributed by atoms with Crippen molar-refractivity contribution < 1.29 is 19.5 Å². The first-order valence-corrected chi connectivity index (χ1v) is 11.4. The van der Waals surface area contributed by atoms with Gasteiger partial charge in [0.2, 0.25) is 5.56 Å². The Morgan fingerprint density at radius 1 is 0.972 bits per heavy atom. The van der Waals surface area contributed by atoms with Gasteiger partial charge in [-0.05, 0) is 52.6 Å². The summed E-state index contributed by atoms with van der Waals surface area (Å²) in [5.74, 6) is -1.84. The van der Waals surface area contributed by atoms with Crippen molar-refractivity contribution in [1.29, 1.82) is 0 Å². The fourth-order valence-electron chi connectivity index (χ4n) is 4.08. The largest absolute Gasteiger partial charge is 0.478 e. The molecule has 0 aliphatic heterocycles. The second-order valence-corrected chi connectivity index (χ2v) is 8.75. The summed E-state index contributed by atoms with van der Waals surface area (Å²) in [5.41, 5.74) is 4.15. The molecule has 8 heteroatoms. The zero-order valence-corrected chi connectivity index (χ0v) is 20.0. The van der Waals surface area contributed by atoms with Gasteiger partial charge in [-0.15, -0.1) is 0 Å². The molecule has 4 rings (SSSR count). The van der Waals surface area contributed by atoms with Gasteiger partial charge < -0.3 is 14.9 Å². The van der Waals surface area contributed by atoms with Crippen molar-refractivity contribution >= 4 is 23.3 Å². The van der Waals surface area contributed by atoms with Gasteiger partial charge in [-0.25, -0.2) is 9.18 Å². The van der Waals surface area contributed by atoms with E-state index in [4.69, 9.17) is 16.7 Å². The predicted octanol–water partition coefficient (Wildman–Crippen LogP) is 5.94. The number of hydrogen-bond donors (Lipinski definition) is 2. The van der Waals surface area contributed by atoms with Crippen molar-refractivity contribution in [2.75, 3.05) is 0 Å². The van der Waals surface area contributed by atoms with E-state index in [-0.39, 0.29) is 28.5 Å². The van der Waals surface area contributed by atoms with Crippen molar-refractivity contribution in [3.8, 4) is 11.1 Å². The summed E-state index contributed by atoms with van der Waals surface area (Å²) in [6, 6.07) is 21.3. The van der Waals surface area contributed by atoms with Crippen LogP contribution in [-0.2, 0) is 7.05 Å². The maximum atomic E-state index is 13.8. The number of halogens is 2. The first-order valence-electron chi connectivity index (χ1n) is 11.0. The molecule has 0 saturated heterocycles. The molecule has 0 amide bonds. The highest BCUT2D eigenvalue weighted by molar-refractivity contribution is 6.31. The van der Waals surface area contributed by atoms with Crippen LogP contribution in [0.1, 0.15) is 39.4 Å². The van der Waals surface area contributed by atoms with E-state index in [1.165, 1.54) is 22.8 Å². The summed E-state index contributed by atoms with van der Waals surface area (Å²) in [5, 5.41) is 22.7. The molecular weight excluding hydrogens is 483 g/mol. The number of carboxylic acid groups (broad SMARTS) is 1. The molecule has 0 spiro atoms. The maximum Gasteiger partial charge on any atom is 0.335 e. The highest BCUT2D eigenvalue weighted by atomic mass is 35.5. The van der Waals surface area contributed by atoms with E-state index < -0.39 is 11.8 Å². The summed E-state index contributed by atoms with van der Waals surface area (Å²) in [4.78, 5) is 22.9. The first-order chi connectivity index (χ1) is 17.3. The third-order valence-electron chi connectivity index (χ3n) is 6.05. The zero-order chi connectivity index (χ0) is 25.8. The van der Waals surface area contributed by atoms with Gasteiger partial charge in [0.1, 0.15) is 5.82 Å². The molecule has 0 radical (unpaired) electrons. The van der Waals surface area contributed by atoms with E-state index >= 15 is 0 Å². The van der Waals surface area contributed by atoms with Crippen molar-refractivity contribution in [2.24, 2.45) is 12.2 Å². The number of carboxylic acids is 1. The molecule has 0 fully saturated rings. The lowest BCUT2D eigenvalue weighted by Gasteiger charge is -2.21. The van der Waals surface area contributed by atoms with Gasteiger partial charge in [0.05, 0.1) is 11.3 Å². The second kappa shape index (κ2) is 10.6. The van der Waals surface area contributed by atoms with Crippen LogP contribution in [0.4, 0.5) is 4.39 Å². The highest BCUT2D eigenvalue weighted by Crippen LogP contribution is 2.35. The predicted molar refractivity (Wildman–Crippen MR) is 137 cm³/mol. The molecule has 6 nitrogen and oxygen atoms in total. The SMILES string of the molecule is Cn1cc(C(CC(c2ccc(-c3ccc(C(=O)O)cc3)cc2)c2ccc(F)cc2Cl)=NO)ccc1=O. The maximum absolute atomic E-state index is 13.8. The fourth-order valence-corrected chi connectivity index (χ4v) is 4.38. The molecule has 0 aliphatic rings. The van der Waals surface area contributed by atoms with E-state index in [0.717, 1.165) is 16.7 Å². The lowest BCUT2D eigenvalue weighted by molar-refractivity contribution is 0.0697. The van der Waals surface area contributed by atoms with Gasteiger partial charge in [0, 0.05) is 42.2 Å². The zero-order valence-electron chi connectivity index (χ0n) is 19.2. The van der Waals surface area contributed by atoms with Crippen LogP contribution in [0.5, 0.6) is 0 Å². The number of aromatic nitrogens is 1. The van der Waals surface area contributed by atoms with E-state index in [2.05, 4.69) is 5.16 Å². The van der Waals surface area contributed by atoms with E-state index in [1.807, 2.05) is 24.3 Å². The van der Waals surface area contributed by atoms with E-state index in [0.29, 0.717) is 16.8 Å². The summed E-state index contributed by atoms with van der Waals surface area (Å²) in [6.07, 6.45) is 1.82. The number of oxime groups is 1. The van der Waals surface area contributed by atoms with Crippen LogP contribution in [0.25, 0.3) is 11.1 Å². The minimum absolute atomic E-state index is 0.193. The summed E-state index contributed by atoms with van der Waals surface area (Å²) in [7, 11) is 1.61. The van der Waals surface area contributed by atoms with Crippen LogP contribution in [0.3, 0.4) is 0 Å². The molecule has 0 saturated carbocycles. The third-order valence-corrected chi connectivity index (χ3v) is 6.38. The number of benzene rings is 3. The number of hydrogen-bond acceptors (Lipinski definition) is 4. The number of nitrogens with zero attached hydrogens (tertiary/aromatic N) is 2. The molecule has 0 aliphatic carbocycles. The average Bonchev–Trinajstić information content (AvgIpc) is 2.87. The molecule has 36 heavy (non-hydrogen) atoms. The molecular formula is C28H22ClFN2O4. The Bertz CT molecular complexity index is 1500. The number of pyridine rings is 1. The summed E-state index contributed by atoms with van der Waals surface area (Å²) >= 11 is 6.42. The Morgan fingerprint density at radius 2 is 1.58 bits per heavy atom. The topological polar surface area (TPSA) is 91.9 Å². The molecule has 2 N–H and O–H groups in total. The summed E-state index contributed by atoms with van der Waals surface area (Å²) < 4.78 is 15.2. The van der Waals surface area contributed by atoms with Gasteiger partial charge >= 0.3 is 5.97 Å². The highest BCUT2D eigenvalue weighted by Gasteiger charge is 2.22. The molecule has 3 aromatic carbocycles. The van der Waals surface area contributed by atoms with Crippen molar-refractivity contribution in [2.45, 2.75) is 12.3 Å². The first kappa shape index (κ1) is 24.9. The monoisotopic (exact) mass is 504 g/mol. The fraction of sp³-hybridized carbons (Fsp3) is 0.107. The number of rotatable bonds is 7. The van der Waals surface area contributed by atoms with Crippen LogP contribution in [0, 0.1) is 5.82 Å². The normalized spacial score (nSPS) is 12.4. The number of aryl methyl sites for hydroxylation is 1. The molecule has 1 aromatic heterocycles. The third kappa shape index (κ3) is 5.37. The van der Waals surface area contributed by atoms with Gasteiger partial charge in [-0.1, -0.05) is 59.2 Å². The smallest absolute Gasteiger partial charge is 0.335 e.